The third-order valence-corrected chi connectivity index (χ3v) is 3.76. The lowest BCUT2D eigenvalue weighted by molar-refractivity contribution is -0.343. The average Bonchev–Trinajstić information content (AvgIpc) is 2.64. The molecule has 1 fully saturated rings. The number of hydrogen-bond donors (Lipinski definition) is 2. The maximum atomic E-state index is 11.6. The molecular formula is C9H10ClN2O8P-2. The molecule has 0 radical (unpaired) electrons. The SMILES string of the molecule is O=c1ccn([C@@H]2O[C@H](COP(=O)([O-])[O-])[C@@H](O)C2Cl)c(=O)[nH]1. The normalized spacial score (nSPS) is 29.7. The number of halogens is 1. The Kier molecular flexibility index (Phi) is 4.69. The number of aromatic amines is 1. The Morgan fingerprint density at radius 1 is 1.52 bits per heavy atom. The number of alkyl halides is 1. The van der Waals surface area contributed by atoms with Crippen molar-refractivity contribution >= 4 is 19.4 Å². The third-order valence-electron chi connectivity index (χ3n) is 2.82. The predicted molar refractivity (Wildman–Crippen MR) is 64.4 cm³/mol. The van der Waals surface area contributed by atoms with Crippen LogP contribution in [0.1, 0.15) is 6.23 Å². The largest absolute Gasteiger partial charge is 0.790 e. The molecule has 12 heteroatoms. The van der Waals surface area contributed by atoms with Gasteiger partial charge in [-0.15, -0.1) is 11.6 Å². The Morgan fingerprint density at radius 2 is 2.19 bits per heavy atom. The molecule has 4 atom stereocenters. The van der Waals surface area contributed by atoms with Crippen molar-refractivity contribution in [3.63, 3.8) is 0 Å². The van der Waals surface area contributed by atoms with Crippen LogP contribution in [0.25, 0.3) is 0 Å². The fourth-order valence-corrected chi connectivity index (χ4v) is 2.53. The fourth-order valence-electron chi connectivity index (χ4n) is 1.86. The molecular weight excluding hydrogens is 331 g/mol. The minimum absolute atomic E-state index is 0.626. The van der Waals surface area contributed by atoms with Crippen LogP contribution in [0, 0.1) is 0 Å². The van der Waals surface area contributed by atoms with Crippen LogP contribution >= 0.6 is 19.4 Å². The van der Waals surface area contributed by atoms with Crippen LogP contribution in [0.15, 0.2) is 21.9 Å². The van der Waals surface area contributed by atoms with E-state index >= 15 is 0 Å². The van der Waals surface area contributed by atoms with Gasteiger partial charge in [-0.1, -0.05) is 0 Å². The highest BCUT2D eigenvalue weighted by atomic mass is 35.5. The lowest BCUT2D eigenvalue weighted by Gasteiger charge is -2.30. The van der Waals surface area contributed by atoms with E-state index in [9.17, 15) is 29.0 Å². The number of phosphoric acid groups is 1. The molecule has 1 aromatic rings. The van der Waals surface area contributed by atoms with Crippen LogP contribution in [0.3, 0.4) is 0 Å². The van der Waals surface area contributed by atoms with Crippen molar-refractivity contribution in [3.05, 3.63) is 33.1 Å². The molecule has 0 amide bonds. The summed E-state index contributed by atoms with van der Waals surface area (Å²) in [4.78, 5) is 45.4. The maximum absolute atomic E-state index is 11.6. The Balaban J connectivity index is 2.18. The van der Waals surface area contributed by atoms with Gasteiger partial charge in [-0.25, -0.2) is 4.79 Å². The number of phosphoric ester groups is 1. The number of ether oxygens (including phenoxy) is 1. The zero-order chi connectivity index (χ0) is 15.8. The van der Waals surface area contributed by atoms with Gasteiger partial charge in [-0.3, -0.25) is 14.3 Å². The van der Waals surface area contributed by atoms with Crippen molar-refractivity contribution in [1.82, 2.24) is 9.55 Å². The standard InChI is InChI=1S/C9H12ClN2O8P/c10-6-7(14)4(3-19-21(16,17)18)20-8(6)12-2-1-5(13)11-9(12)15/h1-2,4,6-8,14H,3H2,(H,11,13,15)(H2,16,17,18)/p-2/t4-,6?,7-,8-/m1/s1. The van der Waals surface area contributed by atoms with Gasteiger partial charge in [0.15, 0.2) is 6.23 Å². The number of aliphatic hydroxyl groups excluding tert-OH is 1. The topological polar surface area (TPSA) is 157 Å². The first-order chi connectivity index (χ1) is 9.69. The summed E-state index contributed by atoms with van der Waals surface area (Å²) in [6.45, 7) is -0.733. The van der Waals surface area contributed by atoms with Crippen molar-refractivity contribution in [1.29, 1.82) is 0 Å². The van der Waals surface area contributed by atoms with Crippen molar-refractivity contribution in [2.24, 2.45) is 0 Å². The van der Waals surface area contributed by atoms with E-state index in [4.69, 9.17) is 16.3 Å². The van der Waals surface area contributed by atoms with E-state index in [-0.39, 0.29) is 0 Å². The number of H-pyrrole nitrogens is 1. The van der Waals surface area contributed by atoms with Crippen LogP contribution in [0.2, 0.25) is 0 Å². The number of nitrogens with one attached hydrogen (secondary N) is 1. The van der Waals surface area contributed by atoms with Crippen LogP contribution < -0.4 is 21.0 Å². The zero-order valence-electron chi connectivity index (χ0n) is 10.2. The van der Waals surface area contributed by atoms with Crippen molar-refractivity contribution < 1.29 is 28.7 Å². The Morgan fingerprint density at radius 3 is 2.76 bits per heavy atom. The molecule has 118 valence electrons. The van der Waals surface area contributed by atoms with Gasteiger partial charge in [-0.2, -0.15) is 0 Å². The molecule has 2 heterocycles. The number of nitrogens with zero attached hydrogens (tertiary/aromatic N) is 1. The monoisotopic (exact) mass is 340 g/mol. The third kappa shape index (κ3) is 3.80. The van der Waals surface area contributed by atoms with Gasteiger partial charge in [0, 0.05) is 12.3 Å². The van der Waals surface area contributed by atoms with Crippen molar-refractivity contribution in [3.8, 4) is 0 Å². The van der Waals surface area contributed by atoms with Crippen LogP contribution in [-0.2, 0) is 13.8 Å². The Bertz CT molecular complexity index is 668. The molecule has 0 bridgehead atoms. The molecule has 0 aliphatic carbocycles. The predicted octanol–water partition coefficient (Wildman–Crippen LogP) is -2.75. The molecule has 0 saturated carbocycles. The van der Waals surface area contributed by atoms with Gasteiger partial charge in [0.1, 0.15) is 17.6 Å². The molecule has 1 aliphatic heterocycles. The van der Waals surface area contributed by atoms with Gasteiger partial charge in [0.25, 0.3) is 5.56 Å². The first kappa shape index (κ1) is 16.4. The molecule has 1 unspecified atom stereocenters. The quantitative estimate of drug-likeness (QED) is 0.441. The van der Waals surface area contributed by atoms with Gasteiger partial charge >= 0.3 is 5.69 Å². The highest BCUT2D eigenvalue weighted by Gasteiger charge is 2.44. The highest BCUT2D eigenvalue weighted by molar-refractivity contribution is 7.43. The van der Waals surface area contributed by atoms with E-state index in [1.165, 1.54) is 0 Å². The molecule has 1 aliphatic rings. The van der Waals surface area contributed by atoms with Crippen molar-refractivity contribution in [2.75, 3.05) is 6.61 Å². The van der Waals surface area contributed by atoms with Gasteiger partial charge < -0.3 is 28.7 Å². The zero-order valence-corrected chi connectivity index (χ0v) is 11.9. The lowest BCUT2D eigenvalue weighted by Crippen LogP contribution is -2.35. The molecule has 21 heavy (non-hydrogen) atoms. The molecule has 2 rings (SSSR count). The summed E-state index contributed by atoms with van der Waals surface area (Å²) in [5.41, 5.74) is -1.44. The first-order valence-corrected chi connectivity index (χ1v) is 7.54. The second kappa shape index (κ2) is 6.01. The minimum Gasteiger partial charge on any atom is -0.790 e. The Hall–Kier alpha value is -1.00. The minimum atomic E-state index is -5.22. The second-order valence-electron chi connectivity index (χ2n) is 4.26. The van der Waals surface area contributed by atoms with E-state index < -0.39 is 49.5 Å². The summed E-state index contributed by atoms with van der Waals surface area (Å²) >= 11 is 5.91. The molecule has 1 aromatic heterocycles. The van der Waals surface area contributed by atoms with E-state index in [2.05, 4.69) is 4.52 Å². The van der Waals surface area contributed by atoms with E-state index in [0.29, 0.717) is 0 Å². The summed E-state index contributed by atoms with van der Waals surface area (Å²) in [5, 5.41) is 8.70. The smallest absolute Gasteiger partial charge is 0.330 e. The average molecular weight is 341 g/mol. The van der Waals surface area contributed by atoms with Gasteiger partial charge in [-0.05, 0) is 0 Å². The number of hydrogen-bond acceptors (Lipinski definition) is 8. The van der Waals surface area contributed by atoms with Gasteiger partial charge in [0.05, 0.1) is 14.4 Å². The lowest BCUT2D eigenvalue weighted by atomic mass is 10.2. The number of rotatable bonds is 4. The van der Waals surface area contributed by atoms with E-state index in [1.807, 2.05) is 4.98 Å². The fraction of sp³-hybridized carbons (Fsp3) is 0.556. The van der Waals surface area contributed by atoms with Crippen LogP contribution in [0.4, 0.5) is 0 Å². The molecule has 0 aromatic carbocycles. The molecule has 10 nitrogen and oxygen atoms in total. The van der Waals surface area contributed by atoms with E-state index in [0.717, 1.165) is 16.8 Å². The summed E-state index contributed by atoms with van der Waals surface area (Å²) in [6, 6.07) is 1.05. The number of aromatic nitrogens is 2. The molecule has 1 saturated heterocycles. The van der Waals surface area contributed by atoms with Gasteiger partial charge in [0.2, 0.25) is 0 Å². The van der Waals surface area contributed by atoms with Crippen LogP contribution in [0.5, 0.6) is 0 Å². The summed E-state index contributed by atoms with van der Waals surface area (Å²) in [5.74, 6) is 0. The number of aliphatic hydroxyl groups is 1. The van der Waals surface area contributed by atoms with Crippen LogP contribution in [-0.4, -0.2) is 38.8 Å². The summed E-state index contributed by atoms with van der Waals surface area (Å²) < 4.78 is 20.6. The highest BCUT2D eigenvalue weighted by Crippen LogP contribution is 2.34. The summed E-state index contributed by atoms with van der Waals surface area (Å²) in [7, 11) is -5.22. The van der Waals surface area contributed by atoms with Crippen molar-refractivity contribution in [2.45, 2.75) is 23.8 Å². The molecule has 2 N–H and O–H groups in total. The first-order valence-electron chi connectivity index (χ1n) is 5.65. The second-order valence-corrected chi connectivity index (χ2v) is 5.92. The van der Waals surface area contributed by atoms with E-state index in [1.54, 1.807) is 0 Å². The Labute approximate surface area is 122 Å². The molecule has 0 spiro atoms. The maximum Gasteiger partial charge on any atom is 0.330 e. The summed E-state index contributed by atoms with van der Waals surface area (Å²) in [6.07, 6.45) is -2.63.